The molecule has 0 rings (SSSR count). The minimum absolute atomic E-state index is 0. The van der Waals surface area contributed by atoms with Crippen molar-refractivity contribution >= 4 is 19.5 Å². The van der Waals surface area contributed by atoms with Crippen LogP contribution < -0.4 is 0 Å². The SMILES string of the molecule is CC(=O)O.[S]. The summed E-state index contributed by atoms with van der Waals surface area (Å²) in [6.45, 7) is 1.08. The highest BCUT2D eigenvalue weighted by Gasteiger charge is 1.65. The predicted octanol–water partition coefficient (Wildman–Crippen LogP) is 0.739. The van der Waals surface area contributed by atoms with Gasteiger partial charge < -0.3 is 5.11 Å². The molecule has 0 unspecified atom stereocenters. The zero-order valence-corrected chi connectivity index (χ0v) is 3.58. The molecule has 0 heterocycles. The average Bonchev–Trinajstić information content (AvgIpc) is 0.811. The van der Waals surface area contributed by atoms with Crippen LogP contribution in [0.15, 0.2) is 0 Å². The zero-order chi connectivity index (χ0) is 3.58. The van der Waals surface area contributed by atoms with Gasteiger partial charge in [0.15, 0.2) is 0 Å². The standard InChI is InChI=1S/C2H4O2.S/c1-2(3)4;/h1H3,(H,3,4);. The Labute approximate surface area is 37.3 Å². The highest BCUT2D eigenvalue weighted by atomic mass is 32.1. The maximum absolute atomic E-state index is 9.00. The fraction of sp³-hybridized carbons (Fsp3) is 0.500. The molecule has 0 fully saturated rings. The maximum atomic E-state index is 9.00. The Kier molecular flexibility index (Phi) is 6.76. The van der Waals surface area contributed by atoms with E-state index in [1.807, 2.05) is 0 Å². The first kappa shape index (κ1) is 8.84. The van der Waals surface area contributed by atoms with E-state index in [4.69, 9.17) is 9.90 Å². The number of carboxylic acid groups (broad SMARTS) is 1. The molecule has 0 aromatic heterocycles. The van der Waals surface area contributed by atoms with E-state index in [-0.39, 0.29) is 13.5 Å². The highest BCUT2D eigenvalue weighted by molar-refractivity contribution is 7.59. The van der Waals surface area contributed by atoms with Gasteiger partial charge in [-0.3, -0.25) is 4.79 Å². The van der Waals surface area contributed by atoms with E-state index in [1.165, 1.54) is 0 Å². The van der Waals surface area contributed by atoms with Crippen LogP contribution in [0, 0.1) is 0 Å². The predicted molar refractivity (Wildman–Crippen MR) is 20.9 cm³/mol. The maximum Gasteiger partial charge on any atom is 0.300 e. The summed E-state index contributed by atoms with van der Waals surface area (Å²) in [4.78, 5) is 9.00. The van der Waals surface area contributed by atoms with Crippen molar-refractivity contribution in [1.82, 2.24) is 0 Å². The summed E-state index contributed by atoms with van der Waals surface area (Å²) in [6, 6.07) is 0. The Morgan fingerprint density at radius 2 is 1.80 bits per heavy atom. The van der Waals surface area contributed by atoms with Crippen molar-refractivity contribution in [2.24, 2.45) is 0 Å². The first-order valence-electron chi connectivity index (χ1n) is 0.928. The Bertz CT molecular complexity index is 30.6. The fourth-order valence-corrected chi connectivity index (χ4v) is 0. The molecule has 0 aliphatic carbocycles. The minimum Gasteiger partial charge on any atom is -0.481 e. The Morgan fingerprint density at radius 1 is 1.80 bits per heavy atom. The van der Waals surface area contributed by atoms with Crippen molar-refractivity contribution in [2.45, 2.75) is 6.92 Å². The van der Waals surface area contributed by atoms with E-state index in [2.05, 4.69) is 0 Å². The fourth-order valence-electron chi connectivity index (χ4n) is 0. The lowest BCUT2D eigenvalue weighted by molar-refractivity contribution is -0.134. The van der Waals surface area contributed by atoms with Crippen LogP contribution in [0.5, 0.6) is 0 Å². The Hall–Kier alpha value is -0.180. The number of rotatable bonds is 0. The third-order valence-electron chi connectivity index (χ3n) is 0. The first-order valence-corrected chi connectivity index (χ1v) is 0.928. The summed E-state index contributed by atoms with van der Waals surface area (Å²) in [7, 11) is 0. The molecule has 0 aliphatic rings. The molecule has 2 nitrogen and oxygen atoms in total. The van der Waals surface area contributed by atoms with E-state index in [0.717, 1.165) is 6.92 Å². The van der Waals surface area contributed by atoms with Crippen molar-refractivity contribution < 1.29 is 9.90 Å². The van der Waals surface area contributed by atoms with Crippen LogP contribution in [-0.4, -0.2) is 11.1 Å². The van der Waals surface area contributed by atoms with Crippen LogP contribution in [0.25, 0.3) is 0 Å². The molecular weight excluding hydrogens is 88.1 g/mol. The molecule has 1 N–H and O–H groups in total. The van der Waals surface area contributed by atoms with E-state index in [0.29, 0.717) is 0 Å². The second kappa shape index (κ2) is 3.82. The molecule has 0 saturated carbocycles. The summed E-state index contributed by atoms with van der Waals surface area (Å²) >= 11 is 0. The number of aliphatic carboxylic acids is 1. The zero-order valence-electron chi connectivity index (χ0n) is 2.76. The number of carbonyl (C=O) groups is 1. The highest BCUT2D eigenvalue weighted by Crippen LogP contribution is 1.42. The Balaban J connectivity index is 0. The van der Waals surface area contributed by atoms with E-state index < -0.39 is 5.97 Å². The molecule has 5 heavy (non-hydrogen) atoms. The quantitative estimate of drug-likeness (QED) is 0.478. The lowest BCUT2D eigenvalue weighted by Crippen LogP contribution is -1.78. The van der Waals surface area contributed by atoms with Gasteiger partial charge in [-0.2, -0.15) is 0 Å². The van der Waals surface area contributed by atoms with Gasteiger partial charge in [-0.1, -0.05) is 0 Å². The normalized spacial score (nSPS) is 5.00. The third-order valence-corrected chi connectivity index (χ3v) is 0. The van der Waals surface area contributed by atoms with Crippen molar-refractivity contribution in [1.29, 1.82) is 0 Å². The lowest BCUT2D eigenvalue weighted by Gasteiger charge is -1.59. The minimum atomic E-state index is -0.833. The van der Waals surface area contributed by atoms with Crippen LogP contribution in [0.2, 0.25) is 0 Å². The van der Waals surface area contributed by atoms with E-state index in [9.17, 15) is 0 Å². The van der Waals surface area contributed by atoms with Gasteiger partial charge in [0, 0.05) is 20.4 Å². The van der Waals surface area contributed by atoms with Crippen molar-refractivity contribution in [3.63, 3.8) is 0 Å². The summed E-state index contributed by atoms with van der Waals surface area (Å²) in [5.74, 6) is -0.833. The third kappa shape index (κ3) is 391. The van der Waals surface area contributed by atoms with Gasteiger partial charge in [-0.15, -0.1) is 0 Å². The van der Waals surface area contributed by atoms with Crippen molar-refractivity contribution in [2.75, 3.05) is 0 Å². The molecule has 0 spiro atoms. The number of hydrogen-bond donors (Lipinski definition) is 1. The van der Waals surface area contributed by atoms with E-state index in [1.54, 1.807) is 0 Å². The molecule has 3 heteroatoms. The van der Waals surface area contributed by atoms with Crippen LogP contribution in [0.4, 0.5) is 0 Å². The average molecular weight is 92.1 g/mol. The summed E-state index contributed by atoms with van der Waals surface area (Å²) in [5.41, 5.74) is 0. The topological polar surface area (TPSA) is 37.3 Å². The van der Waals surface area contributed by atoms with Crippen molar-refractivity contribution in [3.8, 4) is 0 Å². The molecule has 0 atom stereocenters. The largest absolute Gasteiger partial charge is 0.481 e. The molecule has 0 aromatic carbocycles. The second-order valence-corrected chi connectivity index (χ2v) is 0.519. The summed E-state index contributed by atoms with van der Waals surface area (Å²) in [5, 5.41) is 7.42. The monoisotopic (exact) mass is 92.0 g/mol. The molecule has 0 saturated heterocycles. The molecule has 0 aromatic rings. The molecule has 2 radical (unpaired) electrons. The van der Waals surface area contributed by atoms with Gasteiger partial charge >= 0.3 is 0 Å². The summed E-state index contributed by atoms with van der Waals surface area (Å²) in [6.07, 6.45) is 0. The molecule has 0 amide bonds. The van der Waals surface area contributed by atoms with Crippen LogP contribution in [-0.2, 0) is 4.79 Å². The smallest absolute Gasteiger partial charge is 0.300 e. The molecule has 0 bridgehead atoms. The van der Waals surface area contributed by atoms with Gasteiger partial charge in [0.2, 0.25) is 0 Å². The second-order valence-electron chi connectivity index (χ2n) is 0.519. The van der Waals surface area contributed by atoms with Gasteiger partial charge in [-0.05, 0) is 0 Å². The van der Waals surface area contributed by atoms with Gasteiger partial charge in [0.25, 0.3) is 5.97 Å². The van der Waals surface area contributed by atoms with Crippen LogP contribution >= 0.6 is 13.5 Å². The van der Waals surface area contributed by atoms with Crippen LogP contribution in [0.3, 0.4) is 0 Å². The number of hydrogen-bond acceptors (Lipinski definition) is 1. The number of carboxylic acids is 1. The van der Waals surface area contributed by atoms with Gasteiger partial charge in [0.1, 0.15) is 0 Å². The molecule has 30 valence electrons. The Morgan fingerprint density at radius 3 is 1.80 bits per heavy atom. The van der Waals surface area contributed by atoms with E-state index >= 15 is 0 Å². The molecule has 0 aliphatic heterocycles. The first-order chi connectivity index (χ1) is 1.73. The summed E-state index contributed by atoms with van der Waals surface area (Å²) < 4.78 is 0. The van der Waals surface area contributed by atoms with Gasteiger partial charge in [-0.25, -0.2) is 0 Å². The van der Waals surface area contributed by atoms with Crippen molar-refractivity contribution in [3.05, 3.63) is 0 Å². The molecular formula is C2H4O2S. The lowest BCUT2D eigenvalue weighted by atomic mass is 10.9. The van der Waals surface area contributed by atoms with Gasteiger partial charge in [0.05, 0.1) is 0 Å². The van der Waals surface area contributed by atoms with Crippen LogP contribution in [0.1, 0.15) is 6.92 Å².